The number of fused-ring (bicyclic) bond motifs is 1. The van der Waals surface area contributed by atoms with Crippen LogP contribution in [0.2, 0.25) is 0 Å². The normalized spacial score (nSPS) is 11.0. The summed E-state index contributed by atoms with van der Waals surface area (Å²) in [6, 6.07) is 22.4. The number of imidazole rings is 1. The highest BCUT2D eigenvalue weighted by Crippen LogP contribution is 2.19. The number of aromatic nitrogens is 2. The quantitative estimate of drug-likeness (QED) is 0.531. The molecule has 0 radical (unpaired) electrons. The van der Waals surface area contributed by atoms with Crippen molar-refractivity contribution in [1.29, 1.82) is 0 Å². The Morgan fingerprint density at radius 3 is 2.45 bits per heavy atom. The smallest absolute Gasteiger partial charge is 0.251 e. The predicted octanol–water partition coefficient (Wildman–Crippen LogP) is 4.94. The van der Waals surface area contributed by atoms with Crippen LogP contribution in [0.1, 0.15) is 38.4 Å². The van der Waals surface area contributed by atoms with Gasteiger partial charge >= 0.3 is 0 Å². The summed E-state index contributed by atoms with van der Waals surface area (Å²) in [5.74, 6) is 0.769. The molecular weight excluding hydrogens is 358 g/mol. The maximum absolute atomic E-state index is 12.7. The van der Waals surface area contributed by atoms with E-state index in [-0.39, 0.29) is 5.91 Å². The Balaban J connectivity index is 1.60. The van der Waals surface area contributed by atoms with Gasteiger partial charge in [-0.1, -0.05) is 48.0 Å². The van der Waals surface area contributed by atoms with Gasteiger partial charge in [0.2, 0.25) is 0 Å². The Morgan fingerprint density at radius 2 is 1.69 bits per heavy atom. The molecule has 0 saturated heterocycles. The average molecular weight is 383 g/mol. The SMILES string of the molecule is Cc1ccc(Cn2c(CNC(=O)c3ccc(C)c(C)c3)nc3ccccc32)cc1. The lowest BCUT2D eigenvalue weighted by atomic mass is 10.1. The Bertz CT molecular complexity index is 1170. The van der Waals surface area contributed by atoms with Crippen LogP contribution in [0.5, 0.6) is 0 Å². The second-order valence-electron chi connectivity index (χ2n) is 7.57. The summed E-state index contributed by atoms with van der Waals surface area (Å²) in [4.78, 5) is 17.4. The first-order chi connectivity index (χ1) is 14.0. The molecule has 0 saturated carbocycles. The zero-order valence-corrected chi connectivity index (χ0v) is 17.1. The van der Waals surface area contributed by atoms with E-state index in [0.29, 0.717) is 12.1 Å². The molecule has 0 unspecified atom stereocenters. The third-order valence-corrected chi connectivity index (χ3v) is 5.37. The van der Waals surface area contributed by atoms with Crippen LogP contribution in [-0.4, -0.2) is 15.5 Å². The number of benzene rings is 3. The first kappa shape index (κ1) is 18.9. The number of aryl methyl sites for hydroxylation is 3. The summed E-state index contributed by atoms with van der Waals surface area (Å²) < 4.78 is 2.18. The number of nitrogens with zero attached hydrogens (tertiary/aromatic N) is 2. The Kier molecular flexibility index (Phi) is 5.17. The molecule has 1 N–H and O–H groups in total. The van der Waals surface area contributed by atoms with Gasteiger partial charge in [-0.3, -0.25) is 4.79 Å². The zero-order chi connectivity index (χ0) is 20.4. The van der Waals surface area contributed by atoms with Crippen molar-refractivity contribution in [2.24, 2.45) is 0 Å². The molecule has 3 aromatic carbocycles. The van der Waals surface area contributed by atoms with Crippen LogP contribution in [0.4, 0.5) is 0 Å². The maximum Gasteiger partial charge on any atom is 0.251 e. The summed E-state index contributed by atoms with van der Waals surface area (Å²) in [5, 5.41) is 3.04. The van der Waals surface area contributed by atoms with Crippen molar-refractivity contribution >= 4 is 16.9 Å². The number of hydrogen-bond acceptors (Lipinski definition) is 2. The monoisotopic (exact) mass is 383 g/mol. The van der Waals surface area contributed by atoms with Crippen LogP contribution < -0.4 is 5.32 Å². The minimum Gasteiger partial charge on any atom is -0.345 e. The van der Waals surface area contributed by atoms with Gasteiger partial charge in [0.05, 0.1) is 17.6 Å². The Hall–Kier alpha value is -3.40. The zero-order valence-electron chi connectivity index (χ0n) is 17.1. The molecule has 1 amide bonds. The molecule has 4 aromatic rings. The van der Waals surface area contributed by atoms with Gasteiger partial charge < -0.3 is 9.88 Å². The van der Waals surface area contributed by atoms with Gasteiger partial charge in [0, 0.05) is 12.1 Å². The van der Waals surface area contributed by atoms with E-state index in [1.54, 1.807) is 0 Å². The van der Waals surface area contributed by atoms with E-state index in [1.165, 1.54) is 16.7 Å². The number of rotatable bonds is 5. The number of carbonyl (C=O) groups is 1. The summed E-state index contributed by atoms with van der Waals surface area (Å²) in [6.07, 6.45) is 0. The topological polar surface area (TPSA) is 46.9 Å². The van der Waals surface area contributed by atoms with Gasteiger partial charge in [-0.25, -0.2) is 4.98 Å². The molecule has 4 nitrogen and oxygen atoms in total. The molecule has 0 aliphatic carbocycles. The molecule has 1 heterocycles. The van der Waals surface area contributed by atoms with Gasteiger partial charge in [-0.2, -0.15) is 0 Å². The lowest BCUT2D eigenvalue weighted by Crippen LogP contribution is -2.25. The highest BCUT2D eigenvalue weighted by atomic mass is 16.1. The fraction of sp³-hybridized carbons (Fsp3) is 0.200. The van der Waals surface area contributed by atoms with Gasteiger partial charge in [0.1, 0.15) is 5.82 Å². The summed E-state index contributed by atoms with van der Waals surface area (Å²) in [6.45, 7) is 7.25. The average Bonchev–Trinajstić information content (AvgIpc) is 3.07. The van der Waals surface area contributed by atoms with Crippen LogP contribution in [0.3, 0.4) is 0 Å². The van der Waals surface area contributed by atoms with Crippen LogP contribution in [0.15, 0.2) is 66.7 Å². The van der Waals surface area contributed by atoms with Crippen molar-refractivity contribution in [2.45, 2.75) is 33.9 Å². The molecule has 4 heteroatoms. The molecule has 146 valence electrons. The molecular formula is C25H25N3O. The van der Waals surface area contributed by atoms with Crippen LogP contribution in [0, 0.1) is 20.8 Å². The van der Waals surface area contributed by atoms with Gasteiger partial charge in [0.25, 0.3) is 5.91 Å². The molecule has 4 rings (SSSR count). The lowest BCUT2D eigenvalue weighted by molar-refractivity contribution is 0.0949. The van der Waals surface area contributed by atoms with E-state index in [0.717, 1.165) is 29.0 Å². The van der Waals surface area contributed by atoms with Crippen molar-refractivity contribution < 1.29 is 4.79 Å². The maximum atomic E-state index is 12.7. The number of amides is 1. The summed E-state index contributed by atoms with van der Waals surface area (Å²) >= 11 is 0. The molecule has 0 fully saturated rings. The minimum absolute atomic E-state index is 0.0814. The summed E-state index contributed by atoms with van der Waals surface area (Å²) in [7, 11) is 0. The molecule has 29 heavy (non-hydrogen) atoms. The number of para-hydroxylation sites is 2. The van der Waals surface area contributed by atoms with E-state index in [1.807, 2.05) is 50.2 Å². The molecule has 0 aliphatic rings. The Labute approximate surface area is 171 Å². The Morgan fingerprint density at radius 1 is 0.931 bits per heavy atom. The number of hydrogen-bond donors (Lipinski definition) is 1. The van der Waals surface area contributed by atoms with Gasteiger partial charge in [-0.05, 0) is 61.7 Å². The van der Waals surface area contributed by atoms with Crippen molar-refractivity contribution in [2.75, 3.05) is 0 Å². The molecule has 1 aromatic heterocycles. The van der Waals surface area contributed by atoms with Crippen molar-refractivity contribution in [1.82, 2.24) is 14.9 Å². The van der Waals surface area contributed by atoms with E-state index in [2.05, 4.69) is 47.1 Å². The predicted molar refractivity (Wildman–Crippen MR) is 117 cm³/mol. The third kappa shape index (κ3) is 4.06. The number of nitrogens with one attached hydrogen (secondary N) is 1. The minimum atomic E-state index is -0.0814. The third-order valence-electron chi connectivity index (χ3n) is 5.37. The van der Waals surface area contributed by atoms with Crippen molar-refractivity contribution in [3.8, 4) is 0 Å². The van der Waals surface area contributed by atoms with Gasteiger partial charge in [0.15, 0.2) is 0 Å². The number of carbonyl (C=O) groups excluding carboxylic acids is 1. The highest BCUT2D eigenvalue weighted by molar-refractivity contribution is 5.94. The highest BCUT2D eigenvalue weighted by Gasteiger charge is 2.13. The van der Waals surface area contributed by atoms with E-state index < -0.39 is 0 Å². The fourth-order valence-corrected chi connectivity index (χ4v) is 3.46. The second-order valence-corrected chi connectivity index (χ2v) is 7.57. The van der Waals surface area contributed by atoms with E-state index in [4.69, 9.17) is 4.98 Å². The molecule has 0 spiro atoms. The van der Waals surface area contributed by atoms with Crippen molar-refractivity contribution in [3.63, 3.8) is 0 Å². The molecule has 0 atom stereocenters. The van der Waals surface area contributed by atoms with Crippen LogP contribution in [-0.2, 0) is 13.1 Å². The van der Waals surface area contributed by atoms with Crippen LogP contribution >= 0.6 is 0 Å². The first-order valence-corrected chi connectivity index (χ1v) is 9.86. The molecule has 0 aliphatic heterocycles. The molecule has 0 bridgehead atoms. The first-order valence-electron chi connectivity index (χ1n) is 9.86. The van der Waals surface area contributed by atoms with E-state index in [9.17, 15) is 4.79 Å². The van der Waals surface area contributed by atoms with Gasteiger partial charge in [-0.15, -0.1) is 0 Å². The van der Waals surface area contributed by atoms with E-state index >= 15 is 0 Å². The van der Waals surface area contributed by atoms with Crippen molar-refractivity contribution in [3.05, 3.63) is 100 Å². The standard InChI is InChI=1S/C25H25N3O/c1-17-8-11-20(12-9-17)16-28-23-7-5-4-6-22(23)27-24(28)15-26-25(29)21-13-10-18(2)19(3)14-21/h4-14H,15-16H2,1-3H3,(H,26,29). The fourth-order valence-electron chi connectivity index (χ4n) is 3.46. The lowest BCUT2D eigenvalue weighted by Gasteiger charge is -2.11. The largest absolute Gasteiger partial charge is 0.345 e. The summed E-state index contributed by atoms with van der Waals surface area (Å²) in [5.41, 5.74) is 7.43. The van der Waals surface area contributed by atoms with Crippen LogP contribution in [0.25, 0.3) is 11.0 Å². The second kappa shape index (κ2) is 7.92.